The first-order valence-corrected chi connectivity index (χ1v) is 9.39. The average Bonchev–Trinajstić information content (AvgIpc) is 3.20. The van der Waals surface area contributed by atoms with Gasteiger partial charge in [-0.25, -0.2) is 4.79 Å². The molecule has 0 aliphatic heterocycles. The first-order chi connectivity index (χ1) is 12.3. The lowest BCUT2D eigenvalue weighted by Crippen LogP contribution is -2.40. The Labute approximate surface area is 157 Å². The molecule has 1 N–H and O–H groups in total. The molecule has 1 amide bonds. The number of hydrogen-bond donors (Lipinski definition) is 1. The molecule has 0 bridgehead atoms. The van der Waals surface area contributed by atoms with Gasteiger partial charge < -0.3 is 14.6 Å². The van der Waals surface area contributed by atoms with Crippen molar-refractivity contribution in [1.29, 1.82) is 0 Å². The van der Waals surface area contributed by atoms with Crippen LogP contribution in [0.15, 0.2) is 17.5 Å². The third-order valence-corrected chi connectivity index (χ3v) is 4.98. The van der Waals surface area contributed by atoms with Gasteiger partial charge in [-0.2, -0.15) is 0 Å². The number of hydrogen-bond acceptors (Lipinski definition) is 5. The number of thiophene rings is 1. The molecule has 0 saturated heterocycles. The Morgan fingerprint density at radius 3 is 2.50 bits per heavy atom. The Morgan fingerprint density at radius 1 is 1.27 bits per heavy atom. The predicted octanol–water partition coefficient (Wildman–Crippen LogP) is 3.60. The smallest absolute Gasteiger partial charge is 0.355 e. The van der Waals surface area contributed by atoms with Gasteiger partial charge in [-0.1, -0.05) is 6.07 Å². The van der Waals surface area contributed by atoms with E-state index in [4.69, 9.17) is 4.74 Å². The van der Waals surface area contributed by atoms with E-state index in [1.165, 1.54) is 11.3 Å². The lowest BCUT2D eigenvalue weighted by atomic mass is 10.0. The fourth-order valence-electron chi connectivity index (χ4n) is 2.84. The van der Waals surface area contributed by atoms with Crippen molar-refractivity contribution in [2.75, 3.05) is 13.2 Å². The summed E-state index contributed by atoms with van der Waals surface area (Å²) in [5.74, 6) is -0.854. The van der Waals surface area contributed by atoms with Crippen molar-refractivity contribution in [3.63, 3.8) is 0 Å². The number of rotatable bonds is 7. The number of aryl methyl sites for hydroxylation is 1. The highest BCUT2D eigenvalue weighted by molar-refractivity contribution is 7.12. The van der Waals surface area contributed by atoms with Gasteiger partial charge in [-0.3, -0.25) is 9.59 Å². The van der Waals surface area contributed by atoms with Crippen LogP contribution in [-0.4, -0.2) is 46.7 Å². The number of carbonyl (C=O) groups excluding carboxylic acids is 3. The fourth-order valence-corrected chi connectivity index (χ4v) is 3.52. The van der Waals surface area contributed by atoms with E-state index in [0.29, 0.717) is 21.7 Å². The van der Waals surface area contributed by atoms with Crippen LogP contribution in [0.5, 0.6) is 0 Å². The van der Waals surface area contributed by atoms with E-state index in [1.807, 2.05) is 25.3 Å². The summed E-state index contributed by atoms with van der Waals surface area (Å²) in [4.78, 5) is 42.7. The number of carbonyl (C=O) groups is 3. The van der Waals surface area contributed by atoms with Crippen molar-refractivity contribution < 1.29 is 19.1 Å². The second-order valence-electron chi connectivity index (χ2n) is 6.27. The van der Waals surface area contributed by atoms with E-state index >= 15 is 0 Å². The zero-order chi connectivity index (χ0) is 19.4. The van der Waals surface area contributed by atoms with Crippen molar-refractivity contribution in [2.24, 2.45) is 0 Å². The van der Waals surface area contributed by atoms with Crippen molar-refractivity contribution >= 4 is 29.0 Å². The topological polar surface area (TPSA) is 79.5 Å². The Hall–Kier alpha value is -2.41. The molecule has 0 radical (unpaired) electrons. The highest BCUT2D eigenvalue weighted by Gasteiger charge is 2.27. The third kappa shape index (κ3) is 4.04. The van der Waals surface area contributed by atoms with Gasteiger partial charge in [0.1, 0.15) is 5.69 Å². The zero-order valence-corrected chi connectivity index (χ0v) is 16.5. The van der Waals surface area contributed by atoms with E-state index in [2.05, 4.69) is 4.98 Å². The first kappa shape index (κ1) is 19.9. The van der Waals surface area contributed by atoms with Gasteiger partial charge in [0.25, 0.3) is 5.91 Å². The van der Waals surface area contributed by atoms with Gasteiger partial charge in [0, 0.05) is 17.3 Å². The molecule has 2 heterocycles. The van der Waals surface area contributed by atoms with Crippen LogP contribution in [0.3, 0.4) is 0 Å². The van der Waals surface area contributed by atoms with E-state index in [0.717, 1.165) is 0 Å². The van der Waals surface area contributed by atoms with Gasteiger partial charge in [0.15, 0.2) is 5.78 Å². The van der Waals surface area contributed by atoms with Crippen LogP contribution in [0.2, 0.25) is 0 Å². The summed E-state index contributed by atoms with van der Waals surface area (Å²) >= 11 is 1.35. The van der Waals surface area contributed by atoms with E-state index in [1.54, 1.807) is 31.7 Å². The standard InChI is InChI=1S/C19H24N2O4S/c1-6-25-19(24)17-12(4)16(13(5)20-17)14(22)10-21(11(2)3)18(23)15-8-7-9-26-15/h7-9,11,20H,6,10H2,1-5H3. The third-order valence-electron chi connectivity index (χ3n) is 4.13. The molecule has 0 atom stereocenters. The number of aromatic amines is 1. The van der Waals surface area contributed by atoms with Crippen LogP contribution in [0.25, 0.3) is 0 Å². The number of nitrogens with one attached hydrogen (secondary N) is 1. The maximum Gasteiger partial charge on any atom is 0.355 e. The molecule has 0 saturated carbocycles. The molecule has 0 fully saturated rings. The number of aromatic nitrogens is 1. The first-order valence-electron chi connectivity index (χ1n) is 8.51. The Bertz CT molecular complexity index is 806. The maximum atomic E-state index is 12.9. The fraction of sp³-hybridized carbons (Fsp3) is 0.421. The minimum atomic E-state index is -0.484. The van der Waals surface area contributed by atoms with E-state index < -0.39 is 5.97 Å². The van der Waals surface area contributed by atoms with Crippen molar-refractivity contribution in [2.45, 2.75) is 40.7 Å². The number of ether oxygens (including phenoxy) is 1. The lowest BCUT2D eigenvalue weighted by molar-refractivity contribution is 0.0519. The second kappa shape index (κ2) is 8.31. The molecular weight excluding hydrogens is 352 g/mol. The number of nitrogens with zero attached hydrogens (tertiary/aromatic N) is 1. The van der Waals surface area contributed by atoms with E-state index in [9.17, 15) is 14.4 Å². The molecule has 0 spiro atoms. The average molecular weight is 376 g/mol. The molecule has 2 aromatic rings. The SMILES string of the molecule is CCOC(=O)c1[nH]c(C)c(C(=O)CN(C(=O)c2cccs2)C(C)C)c1C. The number of ketones is 1. The van der Waals surface area contributed by atoms with Crippen molar-refractivity contribution in [3.8, 4) is 0 Å². The van der Waals surface area contributed by atoms with Gasteiger partial charge in [0.2, 0.25) is 0 Å². The number of amides is 1. The molecule has 26 heavy (non-hydrogen) atoms. The van der Waals surface area contributed by atoms with Crippen LogP contribution in [0.4, 0.5) is 0 Å². The summed E-state index contributed by atoms with van der Waals surface area (Å²) in [6.07, 6.45) is 0. The molecular formula is C19H24N2O4S. The molecule has 2 rings (SSSR count). The van der Waals surface area contributed by atoms with Gasteiger partial charge >= 0.3 is 5.97 Å². The lowest BCUT2D eigenvalue weighted by Gasteiger charge is -2.25. The van der Waals surface area contributed by atoms with Gasteiger partial charge in [-0.15, -0.1) is 11.3 Å². The Morgan fingerprint density at radius 2 is 1.96 bits per heavy atom. The van der Waals surface area contributed by atoms with E-state index in [-0.39, 0.29) is 36.6 Å². The zero-order valence-electron chi connectivity index (χ0n) is 15.7. The molecule has 2 aromatic heterocycles. The summed E-state index contributed by atoms with van der Waals surface area (Å²) in [6, 6.07) is 3.43. The Kier molecular flexibility index (Phi) is 6.37. The monoisotopic (exact) mass is 376 g/mol. The number of Topliss-reactive ketones (excluding diaryl/α,β-unsaturated/α-hetero) is 1. The molecule has 140 valence electrons. The molecule has 6 nitrogen and oxygen atoms in total. The minimum Gasteiger partial charge on any atom is -0.461 e. The van der Waals surface area contributed by atoms with Gasteiger partial charge in [0.05, 0.1) is 18.0 Å². The highest BCUT2D eigenvalue weighted by atomic mass is 32.1. The molecule has 0 aliphatic carbocycles. The quantitative estimate of drug-likeness (QED) is 0.591. The van der Waals surface area contributed by atoms with Crippen LogP contribution >= 0.6 is 11.3 Å². The molecule has 7 heteroatoms. The minimum absolute atomic E-state index is 0.0454. The van der Waals surface area contributed by atoms with Crippen LogP contribution in [-0.2, 0) is 4.74 Å². The molecule has 0 aromatic carbocycles. The van der Waals surface area contributed by atoms with Crippen molar-refractivity contribution in [1.82, 2.24) is 9.88 Å². The van der Waals surface area contributed by atoms with Crippen LogP contribution in [0, 0.1) is 13.8 Å². The Balaban J connectivity index is 2.28. The second-order valence-corrected chi connectivity index (χ2v) is 7.22. The summed E-state index contributed by atoms with van der Waals surface area (Å²) < 4.78 is 5.02. The largest absolute Gasteiger partial charge is 0.461 e. The van der Waals surface area contributed by atoms with Crippen molar-refractivity contribution in [3.05, 3.63) is 44.9 Å². The predicted molar refractivity (Wildman–Crippen MR) is 101 cm³/mol. The number of esters is 1. The summed E-state index contributed by atoms with van der Waals surface area (Å²) in [6.45, 7) is 9.14. The number of H-pyrrole nitrogens is 1. The summed E-state index contributed by atoms with van der Waals surface area (Å²) in [5.41, 5.74) is 1.88. The summed E-state index contributed by atoms with van der Waals surface area (Å²) in [7, 11) is 0. The maximum absolute atomic E-state index is 12.9. The summed E-state index contributed by atoms with van der Waals surface area (Å²) in [5, 5.41) is 1.83. The van der Waals surface area contributed by atoms with Gasteiger partial charge in [-0.05, 0) is 51.6 Å². The molecule has 0 unspecified atom stereocenters. The van der Waals surface area contributed by atoms with Crippen LogP contribution < -0.4 is 0 Å². The highest BCUT2D eigenvalue weighted by Crippen LogP contribution is 2.21. The normalized spacial score (nSPS) is 10.8. The van der Waals surface area contributed by atoms with Crippen LogP contribution in [0.1, 0.15) is 62.5 Å². The molecule has 0 aliphatic rings.